The Balaban J connectivity index is 0.000000690. The maximum absolute atomic E-state index is 10.8. The normalized spacial score (nSPS) is 10.1. The summed E-state index contributed by atoms with van der Waals surface area (Å²) in [5.41, 5.74) is 1.17. The van der Waals surface area contributed by atoms with E-state index in [-0.39, 0.29) is 6.03 Å². The first kappa shape index (κ1) is 18.9. The molecule has 1 heterocycles. The number of aromatic nitrogens is 3. The molecular weight excluding hydrogens is 272 g/mol. The Kier molecular flexibility index (Phi) is 8.75. The number of hydrogen-bond acceptors (Lipinski definition) is 4. The van der Waals surface area contributed by atoms with Gasteiger partial charge < -0.3 is 16.0 Å². The van der Waals surface area contributed by atoms with E-state index < -0.39 is 0 Å². The zero-order valence-electron chi connectivity index (χ0n) is 13.4. The first-order valence-electron chi connectivity index (χ1n) is 6.78. The van der Waals surface area contributed by atoms with Crippen molar-refractivity contribution < 1.29 is 9.59 Å². The molecule has 0 aliphatic carbocycles. The number of carbonyl (C=O) groups excluding carboxylic acids is 2. The van der Waals surface area contributed by atoms with Crippen molar-refractivity contribution in [3.63, 3.8) is 0 Å². The second-order valence-electron chi connectivity index (χ2n) is 5.98. The van der Waals surface area contributed by atoms with Crippen LogP contribution in [0, 0.1) is 5.41 Å². The maximum atomic E-state index is 10.8. The SMILES string of the molecule is CC(C)(C)C.CNC(=O)NCCn1cc(CNC=O)nn1. The summed E-state index contributed by atoms with van der Waals surface area (Å²) in [6, 6.07) is -0.233. The molecule has 0 aromatic carbocycles. The quantitative estimate of drug-likeness (QED) is 0.666. The minimum atomic E-state index is -0.233. The van der Waals surface area contributed by atoms with Crippen molar-refractivity contribution >= 4 is 12.4 Å². The molecule has 21 heavy (non-hydrogen) atoms. The van der Waals surface area contributed by atoms with Gasteiger partial charge in [0.05, 0.1) is 19.3 Å². The predicted octanol–water partition coefficient (Wildman–Crippen LogP) is 0.506. The summed E-state index contributed by atoms with van der Waals surface area (Å²) in [6.45, 7) is 10.1. The molecular formula is C13H26N6O2. The number of carbonyl (C=O) groups is 2. The number of hydrogen-bond donors (Lipinski definition) is 3. The highest BCUT2D eigenvalue weighted by Gasteiger charge is 2.00. The van der Waals surface area contributed by atoms with Crippen LogP contribution in [-0.4, -0.2) is 41.0 Å². The van der Waals surface area contributed by atoms with Crippen LogP contribution in [0.4, 0.5) is 4.79 Å². The van der Waals surface area contributed by atoms with Crippen molar-refractivity contribution in [3.8, 4) is 0 Å². The number of urea groups is 1. The smallest absolute Gasteiger partial charge is 0.314 e. The van der Waals surface area contributed by atoms with Crippen LogP contribution in [0.3, 0.4) is 0 Å². The van der Waals surface area contributed by atoms with Crippen LogP contribution in [-0.2, 0) is 17.9 Å². The first-order chi connectivity index (χ1) is 9.76. The van der Waals surface area contributed by atoms with Gasteiger partial charge in [0, 0.05) is 13.6 Å². The van der Waals surface area contributed by atoms with Gasteiger partial charge in [-0.05, 0) is 5.41 Å². The summed E-state index contributed by atoms with van der Waals surface area (Å²) < 4.78 is 1.59. The Morgan fingerprint density at radius 1 is 1.38 bits per heavy atom. The lowest BCUT2D eigenvalue weighted by atomic mass is 10.0. The fourth-order valence-corrected chi connectivity index (χ4v) is 1.05. The molecule has 0 radical (unpaired) electrons. The van der Waals surface area contributed by atoms with Crippen molar-refractivity contribution in [2.24, 2.45) is 5.41 Å². The molecule has 1 aromatic rings. The highest BCUT2D eigenvalue weighted by Crippen LogP contribution is 2.08. The van der Waals surface area contributed by atoms with Gasteiger partial charge in [-0.25, -0.2) is 4.79 Å². The van der Waals surface area contributed by atoms with Gasteiger partial charge in [-0.2, -0.15) is 0 Å². The summed E-state index contributed by atoms with van der Waals surface area (Å²) in [5.74, 6) is 0. The largest absolute Gasteiger partial charge is 0.353 e. The third-order valence-corrected chi connectivity index (χ3v) is 1.81. The van der Waals surface area contributed by atoms with Gasteiger partial charge in [-0.3, -0.25) is 9.48 Å². The third-order valence-electron chi connectivity index (χ3n) is 1.81. The molecule has 0 atom stereocenters. The zero-order valence-corrected chi connectivity index (χ0v) is 13.4. The Hall–Kier alpha value is -2.12. The van der Waals surface area contributed by atoms with Crippen molar-refractivity contribution in [3.05, 3.63) is 11.9 Å². The standard InChI is InChI=1S/C8H14N6O2.C5H12/c1-9-8(16)11-2-3-14-5-7(12-13-14)4-10-6-15;1-5(2,3)4/h5-6H,2-4H2,1H3,(H,10,15)(H2,9,11,16);1-4H3. The second-order valence-corrected chi connectivity index (χ2v) is 5.98. The van der Waals surface area contributed by atoms with E-state index in [2.05, 4.69) is 54.0 Å². The van der Waals surface area contributed by atoms with E-state index in [4.69, 9.17) is 0 Å². The molecule has 0 bridgehead atoms. The Morgan fingerprint density at radius 2 is 2.00 bits per heavy atom. The molecule has 3 amide bonds. The second kappa shape index (κ2) is 9.73. The molecule has 1 rings (SSSR count). The van der Waals surface area contributed by atoms with E-state index in [0.717, 1.165) is 0 Å². The van der Waals surface area contributed by atoms with Gasteiger partial charge in [0.1, 0.15) is 5.69 Å². The Morgan fingerprint density at radius 3 is 2.52 bits per heavy atom. The van der Waals surface area contributed by atoms with Gasteiger partial charge in [0.2, 0.25) is 6.41 Å². The molecule has 0 aliphatic heterocycles. The van der Waals surface area contributed by atoms with Crippen LogP contribution >= 0.6 is 0 Å². The molecule has 120 valence electrons. The lowest BCUT2D eigenvalue weighted by Gasteiger charge is -2.05. The summed E-state index contributed by atoms with van der Waals surface area (Å²) in [7, 11) is 1.55. The van der Waals surface area contributed by atoms with Gasteiger partial charge in [0.25, 0.3) is 0 Å². The Labute approximate surface area is 125 Å². The average Bonchev–Trinajstić information content (AvgIpc) is 2.82. The van der Waals surface area contributed by atoms with Crippen molar-refractivity contribution in [1.29, 1.82) is 0 Å². The molecule has 8 nitrogen and oxygen atoms in total. The summed E-state index contributed by atoms with van der Waals surface area (Å²) in [6.07, 6.45) is 2.31. The molecule has 0 aliphatic rings. The third kappa shape index (κ3) is 12.6. The van der Waals surface area contributed by atoms with Crippen LogP contribution in [0.2, 0.25) is 0 Å². The monoisotopic (exact) mass is 298 g/mol. The van der Waals surface area contributed by atoms with E-state index in [1.165, 1.54) is 0 Å². The zero-order chi connectivity index (χ0) is 16.3. The van der Waals surface area contributed by atoms with Crippen LogP contribution < -0.4 is 16.0 Å². The minimum Gasteiger partial charge on any atom is -0.353 e. The summed E-state index contributed by atoms with van der Waals surface area (Å²) in [5, 5.41) is 15.2. The molecule has 0 saturated heterocycles. The number of nitrogens with one attached hydrogen (secondary N) is 3. The molecule has 0 fully saturated rings. The first-order valence-corrected chi connectivity index (χ1v) is 6.78. The molecule has 8 heteroatoms. The molecule has 1 aromatic heterocycles. The fourth-order valence-electron chi connectivity index (χ4n) is 1.05. The van der Waals surface area contributed by atoms with Gasteiger partial charge in [-0.15, -0.1) is 5.10 Å². The topological polar surface area (TPSA) is 101 Å². The highest BCUT2D eigenvalue weighted by atomic mass is 16.2. The van der Waals surface area contributed by atoms with Crippen LogP contribution in [0.15, 0.2) is 6.20 Å². The molecule has 0 spiro atoms. The van der Waals surface area contributed by atoms with Gasteiger partial charge in [0.15, 0.2) is 0 Å². The van der Waals surface area contributed by atoms with Gasteiger partial charge in [-0.1, -0.05) is 32.9 Å². The van der Waals surface area contributed by atoms with Crippen molar-refractivity contribution in [2.75, 3.05) is 13.6 Å². The van der Waals surface area contributed by atoms with E-state index in [0.29, 0.717) is 37.2 Å². The van der Waals surface area contributed by atoms with E-state index in [1.54, 1.807) is 17.9 Å². The summed E-state index contributed by atoms with van der Waals surface area (Å²) in [4.78, 5) is 20.9. The maximum Gasteiger partial charge on any atom is 0.314 e. The molecule has 0 unspecified atom stereocenters. The lowest BCUT2D eigenvalue weighted by molar-refractivity contribution is -0.109. The van der Waals surface area contributed by atoms with E-state index >= 15 is 0 Å². The minimum absolute atomic E-state index is 0.233. The average molecular weight is 298 g/mol. The molecule has 0 saturated carbocycles. The number of rotatable bonds is 6. The number of nitrogens with zero attached hydrogens (tertiary/aromatic N) is 3. The van der Waals surface area contributed by atoms with E-state index in [1.807, 2.05) is 0 Å². The van der Waals surface area contributed by atoms with Crippen LogP contribution in [0.1, 0.15) is 33.4 Å². The van der Waals surface area contributed by atoms with Crippen LogP contribution in [0.25, 0.3) is 0 Å². The Bertz CT molecular complexity index is 419. The fraction of sp³-hybridized carbons (Fsp3) is 0.692. The van der Waals surface area contributed by atoms with E-state index in [9.17, 15) is 9.59 Å². The molecule has 3 N–H and O–H groups in total. The van der Waals surface area contributed by atoms with Gasteiger partial charge >= 0.3 is 6.03 Å². The highest BCUT2D eigenvalue weighted by molar-refractivity contribution is 5.73. The lowest BCUT2D eigenvalue weighted by Crippen LogP contribution is -2.34. The van der Waals surface area contributed by atoms with Crippen molar-refractivity contribution in [1.82, 2.24) is 30.9 Å². The van der Waals surface area contributed by atoms with Crippen molar-refractivity contribution in [2.45, 2.75) is 40.8 Å². The number of amides is 3. The predicted molar refractivity (Wildman–Crippen MR) is 80.5 cm³/mol. The summed E-state index contributed by atoms with van der Waals surface area (Å²) >= 11 is 0. The van der Waals surface area contributed by atoms with Crippen LogP contribution in [0.5, 0.6) is 0 Å².